The number of aliphatic hydroxyl groups excluding tert-OH is 16. The molecule has 4 rings (SSSR count). The Labute approximate surface area is 517 Å². The van der Waals surface area contributed by atoms with E-state index in [4.69, 9.17) is 18.9 Å². The fourth-order valence-corrected chi connectivity index (χ4v) is 14.2. The molecule has 0 aromatic heterocycles. The summed E-state index contributed by atoms with van der Waals surface area (Å²) in [6.07, 6.45) is -17.9. The Morgan fingerprint density at radius 2 is 0.500 bits per heavy atom. The molecule has 0 aromatic rings. The molecule has 0 radical (unpaired) electrons. The van der Waals surface area contributed by atoms with Gasteiger partial charge in [-0.25, -0.2) is 0 Å². The predicted molar refractivity (Wildman–Crippen MR) is 316 cm³/mol. The number of ether oxygens (including phenoxy) is 4. The van der Waals surface area contributed by atoms with E-state index >= 15 is 0 Å². The van der Waals surface area contributed by atoms with E-state index in [2.05, 4.69) is 31.1 Å². The van der Waals surface area contributed by atoms with Gasteiger partial charge >= 0.3 is 0 Å². The average Bonchev–Trinajstić information content (AvgIpc) is 1.96. The number of carbonyl (C=O) groups excluding carboxylic acids is 4. The van der Waals surface area contributed by atoms with Crippen molar-refractivity contribution >= 4 is 70.7 Å². The second-order valence-electron chi connectivity index (χ2n) is 21.5. The van der Waals surface area contributed by atoms with Gasteiger partial charge in [0.2, 0.25) is 23.6 Å². The molecule has 86 heavy (non-hydrogen) atoms. The van der Waals surface area contributed by atoms with Crippen LogP contribution in [0.1, 0.15) is 64.2 Å². The standard InChI is InChI=1S/C52H96N6O24S4/c59-25-29-37(67)41(71)45(75)49(79-29)83-21-7-33(63)53-11-3-17-57(18-4-12-54-34(64)8-22-84-50-46(76)42(72)38(68)30(26-60)80-50)15-1-2-16-58(19-5-13-55-35(65)9-23-85-51-47(77)43(73)39(69)31(27-61)81-51)20-6-14-56-36(66)10-24-86-52-48(78)44(74)40(70)32(28-62)82-52/h29-32,37-52,59-62,67-78H,1-28H2,(H,53,63)(H,54,64)(H,55,65)(H,56,66)/t29-,30-,31-,32-,37-,38-,39-,40-,41+,42+,43+,44+,45-,46-,47-,48-,49+,50+,51+,52+/m1/s1. The number of nitrogens with zero attached hydrogens (tertiary/aromatic N) is 2. The summed E-state index contributed by atoms with van der Waals surface area (Å²) in [5, 5.41) is 172. The van der Waals surface area contributed by atoms with E-state index in [-0.39, 0.29) is 72.3 Å². The van der Waals surface area contributed by atoms with Gasteiger partial charge in [0.25, 0.3) is 0 Å². The Balaban J connectivity index is 1.27. The zero-order valence-corrected chi connectivity index (χ0v) is 51.6. The van der Waals surface area contributed by atoms with Crippen molar-refractivity contribution in [3.8, 4) is 0 Å². The van der Waals surface area contributed by atoms with Crippen LogP contribution >= 0.6 is 47.0 Å². The monoisotopic (exact) mass is 1320 g/mol. The van der Waals surface area contributed by atoms with E-state index in [1.54, 1.807) is 0 Å². The van der Waals surface area contributed by atoms with Crippen molar-refractivity contribution in [3.63, 3.8) is 0 Å². The smallest absolute Gasteiger partial charge is 0.220 e. The molecule has 4 heterocycles. The zero-order valence-electron chi connectivity index (χ0n) is 48.3. The van der Waals surface area contributed by atoms with Crippen molar-refractivity contribution in [2.75, 3.05) is 115 Å². The molecule has 4 fully saturated rings. The molecule has 4 saturated heterocycles. The molecule has 502 valence electrons. The highest BCUT2D eigenvalue weighted by Gasteiger charge is 2.47. The first-order valence-corrected chi connectivity index (χ1v) is 33.6. The molecule has 0 unspecified atom stereocenters. The second kappa shape index (κ2) is 41.8. The van der Waals surface area contributed by atoms with Gasteiger partial charge in [0.1, 0.15) is 119 Å². The molecule has 20 atom stereocenters. The van der Waals surface area contributed by atoms with E-state index in [1.165, 1.54) is 0 Å². The van der Waals surface area contributed by atoms with Gasteiger partial charge < -0.3 is 132 Å². The lowest BCUT2D eigenvalue weighted by Gasteiger charge is -2.39. The molecule has 20 N–H and O–H groups in total. The third kappa shape index (κ3) is 25.8. The predicted octanol–water partition coefficient (Wildman–Crippen LogP) is -7.91. The summed E-state index contributed by atoms with van der Waals surface area (Å²) in [6, 6.07) is 0. The van der Waals surface area contributed by atoms with Gasteiger partial charge in [0.05, 0.1) is 26.4 Å². The van der Waals surface area contributed by atoms with Gasteiger partial charge in [0, 0.05) is 74.9 Å². The molecule has 4 aliphatic heterocycles. The average molecular weight is 1320 g/mol. The molecule has 4 aliphatic rings. The molecule has 34 heteroatoms. The molecular weight excluding hydrogens is 1220 g/mol. The molecule has 0 aromatic carbocycles. The van der Waals surface area contributed by atoms with Crippen LogP contribution in [0.2, 0.25) is 0 Å². The van der Waals surface area contributed by atoms with Crippen LogP contribution in [0, 0.1) is 0 Å². The van der Waals surface area contributed by atoms with Gasteiger partial charge in [-0.2, -0.15) is 0 Å². The Morgan fingerprint density at radius 1 is 0.302 bits per heavy atom. The first-order valence-electron chi connectivity index (χ1n) is 29.4. The van der Waals surface area contributed by atoms with Crippen molar-refractivity contribution < 1.29 is 120 Å². The van der Waals surface area contributed by atoms with Gasteiger partial charge in [-0.3, -0.25) is 19.2 Å². The molecule has 0 saturated carbocycles. The summed E-state index contributed by atoms with van der Waals surface area (Å²) in [7, 11) is 0. The molecule has 4 amide bonds. The summed E-state index contributed by atoms with van der Waals surface area (Å²) in [5.41, 5.74) is -3.84. The summed E-state index contributed by atoms with van der Waals surface area (Å²) < 4.78 is 22.1. The number of unbranched alkanes of at least 4 members (excludes halogenated alkanes) is 1. The fraction of sp³-hybridized carbons (Fsp3) is 0.923. The summed E-state index contributed by atoms with van der Waals surface area (Å²) >= 11 is 4.32. The minimum Gasteiger partial charge on any atom is -0.394 e. The van der Waals surface area contributed by atoms with E-state index in [0.717, 1.165) is 59.9 Å². The summed E-state index contributed by atoms with van der Waals surface area (Å²) in [4.78, 5) is 55.6. The third-order valence-electron chi connectivity index (χ3n) is 14.9. The Hall–Kier alpha value is -1.60. The van der Waals surface area contributed by atoms with Crippen LogP contribution in [0.4, 0.5) is 0 Å². The SMILES string of the molecule is O=C(CCS[C@@H]1O[C@H](CO)[C@@H](O)[C@H](O)[C@H]1O)NCCCN(CCCCN(CCCNC(=O)CCS[C@@H]1O[C@H](CO)[C@@H](O)[C@H](O)[C@H]1O)CCCNC(=O)CCS[C@@H]1O[C@H](CO)[C@@H](O)[C@H](O)[C@H]1O)CCCNC(=O)CCS[C@@H]1O[C@H](CO)[C@@H](O)[C@H](O)[C@H]1O. The van der Waals surface area contributed by atoms with Gasteiger partial charge in [-0.05, 0) is 77.8 Å². The second-order valence-corrected chi connectivity index (χ2v) is 26.3. The zero-order chi connectivity index (χ0) is 63.3. The van der Waals surface area contributed by atoms with Gasteiger partial charge in [0.15, 0.2) is 0 Å². The van der Waals surface area contributed by atoms with Crippen molar-refractivity contribution in [1.29, 1.82) is 0 Å². The molecule has 0 bridgehead atoms. The van der Waals surface area contributed by atoms with Crippen molar-refractivity contribution in [1.82, 2.24) is 31.1 Å². The largest absolute Gasteiger partial charge is 0.394 e. The number of amides is 4. The molecule has 0 spiro atoms. The third-order valence-corrected chi connectivity index (χ3v) is 19.6. The normalized spacial score (nSPS) is 33.2. The van der Waals surface area contributed by atoms with E-state index in [0.29, 0.717) is 91.1 Å². The van der Waals surface area contributed by atoms with Crippen LogP contribution in [-0.2, 0) is 38.1 Å². The lowest BCUT2D eigenvalue weighted by Crippen LogP contribution is -2.57. The molecule has 30 nitrogen and oxygen atoms in total. The number of rotatable bonds is 41. The van der Waals surface area contributed by atoms with E-state index < -0.39 is 146 Å². The lowest BCUT2D eigenvalue weighted by atomic mass is 10.0. The number of carbonyl (C=O) groups is 4. The first-order chi connectivity index (χ1) is 41.1. The van der Waals surface area contributed by atoms with Crippen molar-refractivity contribution in [3.05, 3.63) is 0 Å². The van der Waals surface area contributed by atoms with Crippen LogP contribution in [0.15, 0.2) is 0 Å². The summed E-state index contributed by atoms with van der Waals surface area (Å²) in [6.45, 7) is 2.82. The lowest BCUT2D eigenvalue weighted by molar-refractivity contribution is -0.205. The van der Waals surface area contributed by atoms with Crippen LogP contribution in [-0.4, -0.2) is 349 Å². The fourth-order valence-electron chi connectivity index (χ4n) is 9.71. The summed E-state index contributed by atoms with van der Waals surface area (Å²) in [5.74, 6) is -0.0991. The Kier molecular flexibility index (Phi) is 37.3. The van der Waals surface area contributed by atoms with Crippen LogP contribution in [0.3, 0.4) is 0 Å². The number of nitrogens with one attached hydrogen (secondary N) is 4. The first kappa shape index (κ1) is 76.9. The van der Waals surface area contributed by atoms with Crippen molar-refractivity contribution in [2.45, 2.75) is 184 Å². The Morgan fingerprint density at radius 3 is 0.698 bits per heavy atom. The quantitative estimate of drug-likeness (QED) is 0.0253. The highest BCUT2D eigenvalue weighted by Crippen LogP contribution is 2.32. The topological polar surface area (TPSA) is 483 Å². The number of hydrogen-bond donors (Lipinski definition) is 20. The maximum atomic E-state index is 12.8. The Bertz CT molecular complexity index is 1670. The highest BCUT2D eigenvalue weighted by atomic mass is 32.2. The number of hydrogen-bond acceptors (Lipinski definition) is 30. The number of thioether (sulfide) groups is 4. The highest BCUT2D eigenvalue weighted by molar-refractivity contribution is 8.00. The van der Waals surface area contributed by atoms with Gasteiger partial charge in [-0.15, -0.1) is 47.0 Å². The minimum absolute atomic E-state index is 0.0702. The van der Waals surface area contributed by atoms with Crippen LogP contribution in [0.25, 0.3) is 0 Å². The van der Waals surface area contributed by atoms with Gasteiger partial charge in [-0.1, -0.05) is 0 Å². The van der Waals surface area contributed by atoms with Crippen LogP contribution < -0.4 is 21.3 Å². The maximum Gasteiger partial charge on any atom is 0.220 e. The minimum atomic E-state index is -1.52. The van der Waals surface area contributed by atoms with Crippen LogP contribution in [0.5, 0.6) is 0 Å². The van der Waals surface area contributed by atoms with Crippen molar-refractivity contribution in [2.24, 2.45) is 0 Å². The molecule has 0 aliphatic carbocycles. The van der Waals surface area contributed by atoms with E-state index in [9.17, 15) is 101 Å². The van der Waals surface area contributed by atoms with E-state index in [1.807, 2.05) is 0 Å². The number of aliphatic hydroxyl groups is 16. The molecular formula is C52H96N6O24S4. The maximum absolute atomic E-state index is 12.8.